The van der Waals surface area contributed by atoms with Gasteiger partial charge in [0.1, 0.15) is 0 Å². The molecule has 0 atom stereocenters. The second kappa shape index (κ2) is 5.83. The number of amides is 1. The van der Waals surface area contributed by atoms with E-state index in [4.69, 9.17) is 0 Å². The van der Waals surface area contributed by atoms with Crippen LogP contribution in [0.5, 0.6) is 0 Å². The van der Waals surface area contributed by atoms with Crippen LogP contribution in [-0.4, -0.2) is 30.4 Å². The number of carbonyl (C=O) groups excluding carboxylic acids is 1. The van der Waals surface area contributed by atoms with Crippen molar-refractivity contribution >= 4 is 5.91 Å². The van der Waals surface area contributed by atoms with E-state index in [2.05, 4.69) is 5.32 Å². The molecule has 0 aliphatic heterocycles. The first-order chi connectivity index (χ1) is 9.34. The fraction of sp³-hybridized carbons (Fsp3) is 0.500. The molecule has 110 valence electrons. The molecule has 1 aromatic carbocycles. The van der Waals surface area contributed by atoms with Crippen molar-refractivity contribution < 1.29 is 18.0 Å². The molecule has 20 heavy (non-hydrogen) atoms. The fourth-order valence-electron chi connectivity index (χ4n) is 1.91. The van der Waals surface area contributed by atoms with Gasteiger partial charge in [-0.05, 0) is 37.6 Å². The molecule has 6 heteroatoms. The Kier molecular flexibility index (Phi) is 4.32. The van der Waals surface area contributed by atoms with Crippen molar-refractivity contribution in [3.8, 4) is 0 Å². The lowest BCUT2D eigenvalue weighted by molar-refractivity contribution is -0.137. The maximum Gasteiger partial charge on any atom is 0.416 e. The van der Waals surface area contributed by atoms with Gasteiger partial charge in [0.05, 0.1) is 12.1 Å². The zero-order valence-corrected chi connectivity index (χ0v) is 11.2. The lowest BCUT2D eigenvalue weighted by Crippen LogP contribution is -2.35. The van der Waals surface area contributed by atoms with Gasteiger partial charge in [-0.2, -0.15) is 13.2 Å². The van der Waals surface area contributed by atoms with Crippen molar-refractivity contribution in [2.24, 2.45) is 0 Å². The molecule has 0 saturated heterocycles. The third-order valence-corrected chi connectivity index (χ3v) is 3.09. The minimum Gasteiger partial charge on any atom is -0.352 e. The van der Waals surface area contributed by atoms with Gasteiger partial charge in [-0.25, -0.2) is 0 Å². The van der Waals surface area contributed by atoms with Gasteiger partial charge in [-0.15, -0.1) is 0 Å². The number of likely N-dealkylation sites (N-methyl/N-ethyl adjacent to an activating group) is 1. The monoisotopic (exact) mass is 286 g/mol. The number of benzene rings is 1. The molecule has 0 unspecified atom stereocenters. The first kappa shape index (κ1) is 14.8. The van der Waals surface area contributed by atoms with Crippen LogP contribution in [0.25, 0.3) is 0 Å². The standard InChI is InChI=1S/C14H17F3N2O/c1-19(9-13(20)18-12-6-7-12)8-10-2-4-11(5-3-10)14(15,16)17/h2-5,12H,6-9H2,1H3,(H,18,20). The number of nitrogens with zero attached hydrogens (tertiary/aromatic N) is 1. The molecule has 0 radical (unpaired) electrons. The highest BCUT2D eigenvalue weighted by Crippen LogP contribution is 2.29. The van der Waals surface area contributed by atoms with Crippen LogP contribution in [0.1, 0.15) is 24.0 Å². The Morgan fingerprint density at radius 3 is 2.40 bits per heavy atom. The van der Waals surface area contributed by atoms with Gasteiger partial charge in [0.15, 0.2) is 0 Å². The maximum atomic E-state index is 12.4. The number of hydrogen-bond donors (Lipinski definition) is 1. The number of nitrogens with one attached hydrogen (secondary N) is 1. The molecule has 1 aliphatic carbocycles. The molecule has 1 amide bonds. The van der Waals surface area contributed by atoms with E-state index < -0.39 is 11.7 Å². The number of halogens is 3. The summed E-state index contributed by atoms with van der Waals surface area (Å²) >= 11 is 0. The van der Waals surface area contributed by atoms with E-state index in [0.717, 1.165) is 30.5 Å². The van der Waals surface area contributed by atoms with Crippen LogP contribution in [-0.2, 0) is 17.5 Å². The fourth-order valence-corrected chi connectivity index (χ4v) is 1.91. The molecular formula is C14H17F3N2O. The summed E-state index contributed by atoms with van der Waals surface area (Å²) in [5.74, 6) is -0.0399. The normalized spacial score (nSPS) is 15.4. The molecule has 1 N–H and O–H groups in total. The largest absolute Gasteiger partial charge is 0.416 e. The van der Waals surface area contributed by atoms with Crippen molar-refractivity contribution in [2.45, 2.75) is 31.6 Å². The molecular weight excluding hydrogens is 269 g/mol. The molecule has 1 fully saturated rings. The Balaban J connectivity index is 1.84. The Hall–Kier alpha value is -1.56. The molecule has 2 rings (SSSR count). The van der Waals surface area contributed by atoms with Gasteiger partial charge in [0.2, 0.25) is 5.91 Å². The molecule has 0 heterocycles. The second-order valence-corrected chi connectivity index (χ2v) is 5.21. The summed E-state index contributed by atoms with van der Waals surface area (Å²) in [5, 5.41) is 2.87. The summed E-state index contributed by atoms with van der Waals surface area (Å²) in [7, 11) is 1.77. The lowest BCUT2D eigenvalue weighted by atomic mass is 10.1. The van der Waals surface area contributed by atoms with Crippen LogP contribution in [0, 0.1) is 0 Å². The van der Waals surface area contributed by atoms with Crippen molar-refractivity contribution in [1.82, 2.24) is 10.2 Å². The highest BCUT2D eigenvalue weighted by atomic mass is 19.4. The Bertz CT molecular complexity index is 466. The predicted octanol–water partition coefficient (Wildman–Crippen LogP) is 2.42. The average molecular weight is 286 g/mol. The molecule has 1 saturated carbocycles. The summed E-state index contributed by atoms with van der Waals surface area (Å²) < 4.78 is 37.3. The molecule has 0 spiro atoms. The third-order valence-electron chi connectivity index (χ3n) is 3.09. The molecule has 1 aliphatic rings. The van der Waals surface area contributed by atoms with Crippen LogP contribution < -0.4 is 5.32 Å². The van der Waals surface area contributed by atoms with E-state index in [1.165, 1.54) is 12.1 Å². The van der Waals surface area contributed by atoms with E-state index in [0.29, 0.717) is 12.6 Å². The number of carbonyl (C=O) groups is 1. The van der Waals surface area contributed by atoms with Crippen molar-refractivity contribution in [3.05, 3.63) is 35.4 Å². The zero-order chi connectivity index (χ0) is 14.8. The highest BCUT2D eigenvalue weighted by Gasteiger charge is 2.30. The summed E-state index contributed by atoms with van der Waals surface area (Å²) in [4.78, 5) is 13.4. The average Bonchev–Trinajstić information content (AvgIpc) is 3.11. The van der Waals surface area contributed by atoms with Gasteiger partial charge in [-0.3, -0.25) is 9.69 Å². The van der Waals surface area contributed by atoms with Crippen molar-refractivity contribution in [3.63, 3.8) is 0 Å². The Morgan fingerprint density at radius 1 is 1.30 bits per heavy atom. The van der Waals surface area contributed by atoms with Crippen LogP contribution in [0.4, 0.5) is 13.2 Å². The van der Waals surface area contributed by atoms with Gasteiger partial charge in [0, 0.05) is 12.6 Å². The summed E-state index contributed by atoms with van der Waals surface area (Å²) in [6.45, 7) is 0.688. The van der Waals surface area contributed by atoms with Gasteiger partial charge in [0.25, 0.3) is 0 Å². The topological polar surface area (TPSA) is 32.3 Å². The number of hydrogen-bond acceptors (Lipinski definition) is 2. The van der Waals surface area contributed by atoms with E-state index >= 15 is 0 Å². The Morgan fingerprint density at radius 2 is 1.90 bits per heavy atom. The van der Waals surface area contributed by atoms with E-state index in [1.807, 2.05) is 0 Å². The zero-order valence-electron chi connectivity index (χ0n) is 11.2. The van der Waals surface area contributed by atoms with E-state index in [-0.39, 0.29) is 12.5 Å². The lowest BCUT2D eigenvalue weighted by Gasteiger charge is -2.16. The van der Waals surface area contributed by atoms with Crippen LogP contribution in [0.15, 0.2) is 24.3 Å². The SMILES string of the molecule is CN(CC(=O)NC1CC1)Cc1ccc(C(F)(F)F)cc1. The second-order valence-electron chi connectivity index (χ2n) is 5.21. The highest BCUT2D eigenvalue weighted by molar-refractivity contribution is 5.78. The molecule has 1 aromatic rings. The van der Waals surface area contributed by atoms with E-state index in [9.17, 15) is 18.0 Å². The van der Waals surface area contributed by atoms with Crippen LogP contribution >= 0.6 is 0 Å². The van der Waals surface area contributed by atoms with Crippen LogP contribution in [0.2, 0.25) is 0 Å². The molecule has 0 bridgehead atoms. The van der Waals surface area contributed by atoms with Crippen molar-refractivity contribution in [1.29, 1.82) is 0 Å². The number of alkyl halides is 3. The molecule has 3 nitrogen and oxygen atoms in total. The summed E-state index contributed by atoms with van der Waals surface area (Å²) in [6, 6.07) is 5.33. The minimum atomic E-state index is -4.31. The predicted molar refractivity (Wildman–Crippen MR) is 68.9 cm³/mol. The van der Waals surface area contributed by atoms with Crippen molar-refractivity contribution in [2.75, 3.05) is 13.6 Å². The number of rotatable bonds is 5. The van der Waals surface area contributed by atoms with Gasteiger partial charge in [-0.1, -0.05) is 12.1 Å². The first-order valence-corrected chi connectivity index (χ1v) is 6.48. The third kappa shape index (κ3) is 4.52. The minimum absolute atomic E-state index is 0.0399. The molecule has 0 aromatic heterocycles. The Labute approximate surface area is 115 Å². The van der Waals surface area contributed by atoms with Gasteiger partial charge < -0.3 is 5.32 Å². The van der Waals surface area contributed by atoms with E-state index in [1.54, 1.807) is 11.9 Å². The maximum absolute atomic E-state index is 12.4. The summed E-state index contributed by atoms with van der Waals surface area (Å²) in [6.07, 6.45) is -2.24. The first-order valence-electron chi connectivity index (χ1n) is 6.48. The van der Waals surface area contributed by atoms with Crippen LogP contribution in [0.3, 0.4) is 0 Å². The summed E-state index contributed by atoms with van der Waals surface area (Å²) in [5.41, 5.74) is 0.0927. The van der Waals surface area contributed by atoms with Gasteiger partial charge >= 0.3 is 6.18 Å². The quantitative estimate of drug-likeness (QED) is 0.901. The smallest absolute Gasteiger partial charge is 0.352 e.